The van der Waals surface area contributed by atoms with Crippen molar-refractivity contribution in [1.82, 2.24) is 5.32 Å². The van der Waals surface area contributed by atoms with Crippen molar-refractivity contribution in [3.63, 3.8) is 0 Å². The minimum Gasteiger partial charge on any atom is -0.398 e. The molecule has 17 heavy (non-hydrogen) atoms. The number of nitrogen functional groups attached to an aromatic ring is 1. The van der Waals surface area contributed by atoms with E-state index in [1.54, 1.807) is 18.2 Å². The fraction of sp³-hybridized carbons (Fsp3) is 0.417. The molecule has 4 nitrogen and oxygen atoms in total. The van der Waals surface area contributed by atoms with Crippen molar-refractivity contribution in [2.45, 2.75) is 18.9 Å². The van der Waals surface area contributed by atoms with Gasteiger partial charge < -0.3 is 15.8 Å². The van der Waals surface area contributed by atoms with Crippen molar-refractivity contribution in [2.75, 3.05) is 18.9 Å². The van der Waals surface area contributed by atoms with E-state index < -0.39 is 0 Å². The molecule has 0 spiro atoms. The predicted molar refractivity (Wildman–Crippen MR) is 69.9 cm³/mol. The Kier molecular flexibility index (Phi) is 3.40. The Balaban J connectivity index is 2.11. The standard InChI is InChI=1S/C12H15BrN2O2/c1-12(4-5-17-7-12)15-11(16)8-2-3-10(14)9(13)6-8/h2-3,6H,4-5,7,14H2,1H3,(H,15,16). The van der Waals surface area contributed by atoms with Gasteiger partial charge in [-0.15, -0.1) is 0 Å². The summed E-state index contributed by atoms with van der Waals surface area (Å²) in [7, 11) is 0. The van der Waals surface area contributed by atoms with Crippen molar-refractivity contribution < 1.29 is 9.53 Å². The van der Waals surface area contributed by atoms with Gasteiger partial charge in [-0.25, -0.2) is 0 Å². The number of hydrogen-bond acceptors (Lipinski definition) is 3. The van der Waals surface area contributed by atoms with E-state index in [0.717, 1.165) is 10.9 Å². The lowest BCUT2D eigenvalue weighted by Gasteiger charge is -2.23. The zero-order valence-electron chi connectivity index (χ0n) is 9.63. The summed E-state index contributed by atoms with van der Waals surface area (Å²) >= 11 is 3.31. The van der Waals surface area contributed by atoms with E-state index in [1.807, 2.05) is 6.92 Å². The molecule has 3 N–H and O–H groups in total. The van der Waals surface area contributed by atoms with Gasteiger partial charge in [-0.3, -0.25) is 4.79 Å². The number of benzene rings is 1. The van der Waals surface area contributed by atoms with Gasteiger partial charge in [0.1, 0.15) is 0 Å². The molecule has 1 aromatic carbocycles. The lowest BCUT2D eigenvalue weighted by Crippen LogP contribution is -2.46. The number of carbonyl (C=O) groups excluding carboxylic acids is 1. The van der Waals surface area contributed by atoms with Gasteiger partial charge in [0.2, 0.25) is 0 Å². The molecule has 92 valence electrons. The average Bonchev–Trinajstić information content (AvgIpc) is 2.69. The molecule has 1 aromatic rings. The molecule has 1 saturated heterocycles. The van der Waals surface area contributed by atoms with Crippen molar-refractivity contribution in [3.05, 3.63) is 28.2 Å². The van der Waals surface area contributed by atoms with Crippen LogP contribution in [0.2, 0.25) is 0 Å². The first-order valence-electron chi connectivity index (χ1n) is 5.45. The van der Waals surface area contributed by atoms with Gasteiger partial charge in [0.05, 0.1) is 12.1 Å². The minimum absolute atomic E-state index is 0.0984. The first-order valence-corrected chi connectivity index (χ1v) is 6.25. The Bertz CT molecular complexity index is 442. The fourth-order valence-electron chi connectivity index (χ4n) is 1.78. The maximum atomic E-state index is 12.0. The van der Waals surface area contributed by atoms with E-state index in [2.05, 4.69) is 21.2 Å². The highest BCUT2D eigenvalue weighted by Crippen LogP contribution is 2.22. The SMILES string of the molecule is CC1(NC(=O)c2ccc(N)c(Br)c2)CCOC1. The zero-order valence-corrected chi connectivity index (χ0v) is 11.2. The highest BCUT2D eigenvalue weighted by Gasteiger charge is 2.31. The van der Waals surface area contributed by atoms with Gasteiger partial charge in [0, 0.05) is 22.3 Å². The lowest BCUT2D eigenvalue weighted by atomic mass is 10.0. The summed E-state index contributed by atoms with van der Waals surface area (Å²) in [6.45, 7) is 3.25. The Morgan fingerprint density at radius 1 is 1.59 bits per heavy atom. The van der Waals surface area contributed by atoms with Crippen molar-refractivity contribution in [3.8, 4) is 0 Å². The second-order valence-electron chi connectivity index (χ2n) is 4.55. The molecular formula is C12H15BrN2O2. The van der Waals surface area contributed by atoms with Gasteiger partial charge in [-0.05, 0) is 47.5 Å². The third kappa shape index (κ3) is 2.79. The van der Waals surface area contributed by atoms with Crippen LogP contribution < -0.4 is 11.1 Å². The van der Waals surface area contributed by atoms with E-state index in [1.165, 1.54) is 0 Å². The second-order valence-corrected chi connectivity index (χ2v) is 5.41. The molecule has 1 aliphatic rings. The van der Waals surface area contributed by atoms with Gasteiger partial charge >= 0.3 is 0 Å². The summed E-state index contributed by atoms with van der Waals surface area (Å²) in [6.07, 6.45) is 0.842. The van der Waals surface area contributed by atoms with Crippen LogP contribution >= 0.6 is 15.9 Å². The molecule has 0 aliphatic carbocycles. The van der Waals surface area contributed by atoms with Gasteiger partial charge in [-0.1, -0.05) is 0 Å². The van der Waals surface area contributed by atoms with Crippen LogP contribution in [0.1, 0.15) is 23.7 Å². The lowest BCUT2D eigenvalue weighted by molar-refractivity contribution is 0.0890. The van der Waals surface area contributed by atoms with Crippen LogP contribution in [-0.2, 0) is 4.74 Å². The van der Waals surface area contributed by atoms with Crippen molar-refractivity contribution in [1.29, 1.82) is 0 Å². The number of halogens is 1. The molecular weight excluding hydrogens is 284 g/mol. The highest BCUT2D eigenvalue weighted by atomic mass is 79.9. The number of ether oxygens (including phenoxy) is 1. The molecule has 1 aliphatic heterocycles. The van der Waals surface area contributed by atoms with E-state index >= 15 is 0 Å². The summed E-state index contributed by atoms with van der Waals surface area (Å²) in [5, 5.41) is 2.99. The number of rotatable bonds is 2. The van der Waals surface area contributed by atoms with E-state index in [4.69, 9.17) is 10.5 Å². The number of nitrogens with one attached hydrogen (secondary N) is 1. The van der Waals surface area contributed by atoms with Crippen LogP contribution in [0, 0.1) is 0 Å². The maximum absolute atomic E-state index is 12.0. The van der Waals surface area contributed by atoms with Gasteiger partial charge in [0.25, 0.3) is 5.91 Å². The maximum Gasteiger partial charge on any atom is 0.251 e. The molecule has 5 heteroatoms. The molecule has 0 saturated carbocycles. The smallest absolute Gasteiger partial charge is 0.251 e. The highest BCUT2D eigenvalue weighted by molar-refractivity contribution is 9.10. The summed E-state index contributed by atoms with van der Waals surface area (Å²) in [6, 6.07) is 5.16. The van der Waals surface area contributed by atoms with Crippen molar-refractivity contribution in [2.24, 2.45) is 0 Å². The summed E-state index contributed by atoms with van der Waals surface area (Å²) < 4.78 is 6.03. The molecule has 2 rings (SSSR count). The first-order chi connectivity index (χ1) is 8.00. The largest absolute Gasteiger partial charge is 0.398 e. The van der Waals surface area contributed by atoms with E-state index in [9.17, 15) is 4.79 Å². The predicted octanol–water partition coefficient (Wildman–Crippen LogP) is 1.94. The van der Waals surface area contributed by atoms with E-state index in [-0.39, 0.29) is 11.4 Å². The third-order valence-electron chi connectivity index (χ3n) is 2.90. The number of hydrogen-bond donors (Lipinski definition) is 2. The monoisotopic (exact) mass is 298 g/mol. The van der Waals surface area contributed by atoms with Crippen LogP contribution in [-0.4, -0.2) is 24.7 Å². The van der Waals surface area contributed by atoms with Gasteiger partial charge in [0.15, 0.2) is 0 Å². The van der Waals surface area contributed by atoms with E-state index in [0.29, 0.717) is 24.5 Å². The first kappa shape index (κ1) is 12.4. The van der Waals surface area contributed by atoms with Gasteiger partial charge in [-0.2, -0.15) is 0 Å². The molecule has 1 unspecified atom stereocenters. The van der Waals surface area contributed by atoms with Crippen molar-refractivity contribution >= 4 is 27.5 Å². The van der Waals surface area contributed by atoms with Crippen LogP contribution in [0.3, 0.4) is 0 Å². The topological polar surface area (TPSA) is 64.4 Å². The van der Waals surface area contributed by atoms with Crippen LogP contribution in [0.25, 0.3) is 0 Å². The Morgan fingerprint density at radius 2 is 2.35 bits per heavy atom. The molecule has 0 bridgehead atoms. The van der Waals surface area contributed by atoms with Crippen LogP contribution in [0.15, 0.2) is 22.7 Å². The summed E-state index contributed by atoms with van der Waals surface area (Å²) in [4.78, 5) is 12.0. The normalized spacial score (nSPS) is 23.6. The molecule has 1 amide bonds. The summed E-state index contributed by atoms with van der Waals surface area (Å²) in [5.74, 6) is -0.0984. The molecule has 0 radical (unpaired) electrons. The molecule has 0 aromatic heterocycles. The Morgan fingerprint density at radius 3 is 2.94 bits per heavy atom. The summed E-state index contributed by atoms with van der Waals surface area (Å²) in [5.41, 5.74) is 6.64. The average molecular weight is 299 g/mol. The minimum atomic E-state index is -0.259. The van der Waals surface area contributed by atoms with Crippen LogP contribution in [0.4, 0.5) is 5.69 Å². The zero-order chi connectivity index (χ0) is 12.5. The number of nitrogens with two attached hydrogens (primary N) is 1. The fourth-order valence-corrected chi connectivity index (χ4v) is 2.16. The number of carbonyl (C=O) groups is 1. The molecule has 1 fully saturated rings. The third-order valence-corrected chi connectivity index (χ3v) is 3.58. The molecule has 1 heterocycles. The second kappa shape index (κ2) is 4.66. The number of amides is 1. The van der Waals surface area contributed by atoms with Crippen LogP contribution in [0.5, 0.6) is 0 Å². The quantitative estimate of drug-likeness (QED) is 0.820. The molecule has 1 atom stereocenters. The Labute approximate surface area is 109 Å². The Hall–Kier alpha value is -1.07. The number of anilines is 1.